The molecule has 0 aromatic heterocycles. The zero-order valence-electron chi connectivity index (χ0n) is 23.4. The molecule has 4 unspecified atom stereocenters. The largest absolute Gasteiger partial charge is 0.497 e. The van der Waals surface area contributed by atoms with E-state index < -0.39 is 30.1 Å². The van der Waals surface area contributed by atoms with Crippen LogP contribution in [0.15, 0.2) is 66.7 Å². The Morgan fingerprint density at radius 1 is 0.976 bits per heavy atom. The van der Waals surface area contributed by atoms with Gasteiger partial charge in [0, 0.05) is 31.7 Å². The lowest BCUT2D eigenvalue weighted by atomic mass is 9.96. The number of benzene rings is 3. The second-order valence-corrected chi connectivity index (χ2v) is 11.1. The fourth-order valence-corrected chi connectivity index (χ4v) is 5.33. The lowest BCUT2D eigenvalue weighted by Crippen LogP contribution is -2.55. The first kappa shape index (κ1) is 31.6. The average molecular weight is 617 g/mol. The number of halogens is 2. The van der Waals surface area contributed by atoms with Crippen molar-refractivity contribution in [3.63, 3.8) is 0 Å². The first-order chi connectivity index (χ1) is 20.2. The molecule has 1 saturated heterocycles. The van der Waals surface area contributed by atoms with Gasteiger partial charge in [-0.3, -0.25) is 14.5 Å². The maximum Gasteiger partial charge on any atom is 0.255 e. The number of carbonyl (C=O) groups excluding carboxylic acids is 2. The summed E-state index contributed by atoms with van der Waals surface area (Å²) < 4.78 is 10.6. The molecule has 0 radical (unpaired) electrons. The van der Waals surface area contributed by atoms with Crippen LogP contribution in [0.4, 0.5) is 0 Å². The molecule has 3 aromatic carbocycles. The van der Waals surface area contributed by atoms with Crippen molar-refractivity contribution in [3.8, 4) is 11.5 Å². The first-order valence-corrected chi connectivity index (χ1v) is 14.3. The number of methoxy groups -OCH3 is 2. The highest BCUT2D eigenvalue weighted by molar-refractivity contribution is 6.42. The monoisotopic (exact) mass is 615 g/mol. The number of likely N-dealkylation sites (tertiary alicyclic amines) is 1. The summed E-state index contributed by atoms with van der Waals surface area (Å²) in [5.41, 5.74) is 2.00. The quantitative estimate of drug-likeness (QED) is 0.246. The van der Waals surface area contributed by atoms with Crippen LogP contribution in [0.3, 0.4) is 0 Å². The molecule has 1 aliphatic heterocycles. The van der Waals surface area contributed by atoms with Gasteiger partial charge in [0.2, 0.25) is 0 Å². The Morgan fingerprint density at radius 3 is 2.43 bits per heavy atom. The number of aliphatic hydroxyl groups excluding tert-OH is 2. The molecule has 3 aromatic rings. The molecule has 42 heavy (non-hydrogen) atoms. The molecule has 224 valence electrons. The van der Waals surface area contributed by atoms with Gasteiger partial charge in [-0.05, 0) is 48.2 Å². The summed E-state index contributed by atoms with van der Waals surface area (Å²) in [6.45, 7) is 2.16. The van der Waals surface area contributed by atoms with Crippen LogP contribution in [0.25, 0.3) is 0 Å². The Balaban J connectivity index is 1.46. The zero-order valence-corrected chi connectivity index (χ0v) is 24.9. The molecule has 11 heteroatoms. The number of aliphatic hydroxyl groups is 2. The van der Waals surface area contributed by atoms with Gasteiger partial charge in [0.1, 0.15) is 17.6 Å². The molecule has 4 rings (SSSR count). The summed E-state index contributed by atoms with van der Waals surface area (Å²) >= 11 is 12.2. The van der Waals surface area contributed by atoms with Gasteiger partial charge in [-0.25, -0.2) is 0 Å². The predicted molar refractivity (Wildman–Crippen MR) is 161 cm³/mol. The second kappa shape index (κ2) is 14.7. The minimum Gasteiger partial charge on any atom is -0.497 e. The molecule has 0 spiro atoms. The molecule has 4 N–H and O–H groups in total. The fourth-order valence-electron chi connectivity index (χ4n) is 5.01. The lowest BCUT2D eigenvalue weighted by molar-refractivity contribution is -0.137. The maximum atomic E-state index is 13.3. The highest BCUT2D eigenvalue weighted by Gasteiger charge is 2.35. The minimum absolute atomic E-state index is 0.0564. The van der Waals surface area contributed by atoms with Crippen LogP contribution >= 0.6 is 23.2 Å². The highest BCUT2D eigenvalue weighted by Crippen LogP contribution is 2.26. The molecule has 1 heterocycles. The van der Waals surface area contributed by atoms with Crippen molar-refractivity contribution in [1.82, 2.24) is 15.5 Å². The van der Waals surface area contributed by atoms with Gasteiger partial charge in [0.25, 0.3) is 11.8 Å². The summed E-state index contributed by atoms with van der Waals surface area (Å²) in [5.74, 6) is -0.533. The van der Waals surface area contributed by atoms with Gasteiger partial charge < -0.3 is 30.3 Å². The van der Waals surface area contributed by atoms with E-state index in [0.717, 1.165) is 13.1 Å². The molecular formula is C31H35Cl2N3O6. The standard InChI is InChI=1S/C31H35Cl2N3O6/c1-41-22-9-10-23(27(16-22)42-2)30(39)35-26(15-20-8-11-24(32)25(33)14-20)28(37)29(38)31(40)34-21-12-13-36(18-21)17-19-6-4-3-5-7-19/h3-11,14,16,21,26,28-29,37-38H,12-13,15,17-18H2,1-2H3,(H,34,40)(H,35,39). The number of ether oxygens (including phenoxy) is 2. The van der Waals surface area contributed by atoms with Gasteiger partial charge >= 0.3 is 0 Å². The van der Waals surface area contributed by atoms with Gasteiger partial charge in [0.15, 0.2) is 6.10 Å². The SMILES string of the molecule is COc1ccc(C(=O)NC(Cc2ccc(Cl)c(Cl)c2)C(O)C(O)C(=O)NC2CCN(Cc3ccccc3)C2)c(OC)c1. The molecule has 0 saturated carbocycles. The van der Waals surface area contributed by atoms with Gasteiger partial charge in [0.05, 0.1) is 35.9 Å². The Morgan fingerprint density at radius 2 is 1.74 bits per heavy atom. The lowest BCUT2D eigenvalue weighted by Gasteiger charge is -2.28. The van der Waals surface area contributed by atoms with E-state index in [2.05, 4.69) is 27.7 Å². The average Bonchev–Trinajstić information content (AvgIpc) is 3.44. The molecule has 1 aliphatic rings. The Labute approximate surface area is 255 Å². The van der Waals surface area contributed by atoms with E-state index in [-0.39, 0.29) is 23.8 Å². The molecule has 4 atom stereocenters. The van der Waals surface area contributed by atoms with Crippen molar-refractivity contribution in [2.45, 2.75) is 43.7 Å². The van der Waals surface area contributed by atoms with E-state index in [1.54, 1.807) is 30.3 Å². The fraction of sp³-hybridized carbons (Fsp3) is 0.355. The number of hydrogen-bond donors (Lipinski definition) is 4. The number of nitrogens with zero attached hydrogens (tertiary/aromatic N) is 1. The van der Waals surface area contributed by atoms with Gasteiger partial charge in [-0.15, -0.1) is 0 Å². The van der Waals surface area contributed by atoms with Crippen LogP contribution in [0.1, 0.15) is 27.9 Å². The van der Waals surface area contributed by atoms with Crippen LogP contribution in [-0.4, -0.2) is 78.5 Å². The number of nitrogens with one attached hydrogen (secondary N) is 2. The smallest absolute Gasteiger partial charge is 0.255 e. The summed E-state index contributed by atoms with van der Waals surface area (Å²) in [6.07, 6.45) is -2.68. The van der Waals surface area contributed by atoms with E-state index in [4.69, 9.17) is 32.7 Å². The minimum atomic E-state index is -1.81. The van der Waals surface area contributed by atoms with Crippen LogP contribution in [0, 0.1) is 0 Å². The number of carbonyl (C=O) groups is 2. The Bertz CT molecular complexity index is 1380. The maximum absolute atomic E-state index is 13.3. The van der Waals surface area contributed by atoms with Gasteiger partial charge in [-0.2, -0.15) is 0 Å². The third-order valence-electron chi connectivity index (χ3n) is 7.28. The normalized spacial score (nSPS) is 17.2. The van der Waals surface area contributed by atoms with Crippen molar-refractivity contribution in [1.29, 1.82) is 0 Å². The van der Waals surface area contributed by atoms with Crippen molar-refractivity contribution < 1.29 is 29.3 Å². The number of amides is 2. The number of hydrogen-bond acceptors (Lipinski definition) is 7. The molecule has 2 amide bonds. The van der Waals surface area contributed by atoms with Crippen molar-refractivity contribution in [3.05, 3.63) is 93.5 Å². The second-order valence-electron chi connectivity index (χ2n) is 10.2. The molecule has 0 aliphatic carbocycles. The third kappa shape index (κ3) is 8.14. The van der Waals surface area contributed by atoms with Crippen LogP contribution in [-0.2, 0) is 17.8 Å². The topological polar surface area (TPSA) is 120 Å². The molecule has 0 bridgehead atoms. The van der Waals surface area contributed by atoms with E-state index in [1.807, 2.05) is 18.2 Å². The highest BCUT2D eigenvalue weighted by atomic mass is 35.5. The predicted octanol–water partition coefficient (Wildman–Crippen LogP) is 3.46. The van der Waals surface area contributed by atoms with E-state index in [0.29, 0.717) is 34.3 Å². The zero-order chi connectivity index (χ0) is 30.2. The summed E-state index contributed by atoms with van der Waals surface area (Å²) in [7, 11) is 2.92. The van der Waals surface area contributed by atoms with E-state index in [9.17, 15) is 19.8 Å². The van der Waals surface area contributed by atoms with Crippen molar-refractivity contribution >= 4 is 35.0 Å². The van der Waals surface area contributed by atoms with Crippen LogP contribution < -0.4 is 20.1 Å². The Kier molecular flexibility index (Phi) is 11.1. The van der Waals surface area contributed by atoms with Crippen molar-refractivity contribution in [2.75, 3.05) is 27.3 Å². The molecular weight excluding hydrogens is 581 g/mol. The first-order valence-electron chi connectivity index (χ1n) is 13.6. The summed E-state index contributed by atoms with van der Waals surface area (Å²) in [6, 6.07) is 18.4. The summed E-state index contributed by atoms with van der Waals surface area (Å²) in [4.78, 5) is 28.6. The van der Waals surface area contributed by atoms with Crippen molar-refractivity contribution in [2.24, 2.45) is 0 Å². The third-order valence-corrected chi connectivity index (χ3v) is 8.02. The number of rotatable bonds is 12. The molecule has 1 fully saturated rings. The van der Waals surface area contributed by atoms with Crippen LogP contribution in [0.5, 0.6) is 11.5 Å². The van der Waals surface area contributed by atoms with Crippen LogP contribution in [0.2, 0.25) is 10.0 Å². The summed E-state index contributed by atoms with van der Waals surface area (Å²) in [5, 5.41) is 28.4. The van der Waals surface area contributed by atoms with E-state index in [1.165, 1.54) is 25.8 Å². The Hall–Kier alpha value is -3.34. The van der Waals surface area contributed by atoms with E-state index >= 15 is 0 Å². The van der Waals surface area contributed by atoms with Gasteiger partial charge in [-0.1, -0.05) is 59.6 Å². The molecule has 9 nitrogen and oxygen atoms in total.